The second-order valence-electron chi connectivity index (χ2n) is 4.79. The van der Waals surface area contributed by atoms with E-state index < -0.39 is 10.0 Å². The zero-order valence-corrected chi connectivity index (χ0v) is 13.6. The van der Waals surface area contributed by atoms with Gasteiger partial charge in [-0.15, -0.1) is 0 Å². The van der Waals surface area contributed by atoms with Crippen LogP contribution < -0.4 is 10.0 Å². The lowest BCUT2D eigenvalue weighted by molar-refractivity contribution is -0.116. The van der Waals surface area contributed by atoms with Gasteiger partial charge in [-0.05, 0) is 30.3 Å². The number of amides is 1. The second-order valence-corrected chi connectivity index (χ2v) is 6.56. The molecular formula is C16H18N2O5S. The van der Waals surface area contributed by atoms with Crippen molar-refractivity contribution < 1.29 is 22.7 Å². The number of hydrogen-bond acceptors (Lipinski definition) is 5. The standard InChI is InChI=1S/C16H18N2O5S/c19-11-10-17-16(20)9-8-13-6-7-14(23-13)12-18-24(21,22)15-4-2-1-3-5-15/h1-9,18-19H,10-12H2,(H,17,20)/b9-8+. The third kappa shape index (κ3) is 5.34. The van der Waals surface area contributed by atoms with Crippen LogP contribution in [0, 0.1) is 0 Å². The molecule has 0 saturated carbocycles. The number of aliphatic hydroxyl groups is 1. The van der Waals surface area contributed by atoms with Gasteiger partial charge < -0.3 is 14.8 Å². The summed E-state index contributed by atoms with van der Waals surface area (Å²) in [5.74, 6) is 0.486. The van der Waals surface area contributed by atoms with Gasteiger partial charge in [0.05, 0.1) is 18.0 Å². The first-order valence-electron chi connectivity index (χ1n) is 7.21. The maximum Gasteiger partial charge on any atom is 0.244 e. The molecular weight excluding hydrogens is 332 g/mol. The number of nitrogens with one attached hydrogen (secondary N) is 2. The lowest BCUT2D eigenvalue weighted by Crippen LogP contribution is -2.24. The summed E-state index contributed by atoms with van der Waals surface area (Å²) in [5.41, 5.74) is 0. The summed E-state index contributed by atoms with van der Waals surface area (Å²) in [7, 11) is -3.60. The normalized spacial score (nSPS) is 11.7. The Hall–Kier alpha value is -2.42. The Kier molecular flexibility index (Phi) is 6.30. The number of sulfonamides is 1. The van der Waals surface area contributed by atoms with Crippen LogP contribution in [0.15, 0.2) is 57.9 Å². The van der Waals surface area contributed by atoms with Gasteiger partial charge in [-0.2, -0.15) is 0 Å². The summed E-state index contributed by atoms with van der Waals surface area (Å²) >= 11 is 0. The molecule has 1 heterocycles. The van der Waals surface area contributed by atoms with Crippen molar-refractivity contribution in [2.45, 2.75) is 11.4 Å². The highest BCUT2D eigenvalue weighted by molar-refractivity contribution is 7.89. The molecule has 3 N–H and O–H groups in total. The topological polar surface area (TPSA) is 109 Å². The van der Waals surface area contributed by atoms with Crippen molar-refractivity contribution >= 4 is 22.0 Å². The predicted molar refractivity (Wildman–Crippen MR) is 88.3 cm³/mol. The van der Waals surface area contributed by atoms with Crippen molar-refractivity contribution in [1.82, 2.24) is 10.0 Å². The number of rotatable bonds is 8. The van der Waals surface area contributed by atoms with Gasteiger partial charge in [0.1, 0.15) is 11.5 Å². The molecule has 24 heavy (non-hydrogen) atoms. The number of aliphatic hydroxyl groups excluding tert-OH is 1. The SMILES string of the molecule is O=C(/C=C/c1ccc(CNS(=O)(=O)c2ccccc2)o1)NCCO. The fourth-order valence-corrected chi connectivity index (χ4v) is 2.84. The molecule has 0 saturated heterocycles. The number of carbonyl (C=O) groups is 1. The van der Waals surface area contributed by atoms with Crippen LogP contribution in [0.2, 0.25) is 0 Å². The van der Waals surface area contributed by atoms with Crippen LogP contribution in [0.4, 0.5) is 0 Å². The van der Waals surface area contributed by atoms with E-state index in [-0.39, 0.29) is 30.5 Å². The molecule has 1 aromatic heterocycles. The molecule has 0 spiro atoms. The fourth-order valence-electron chi connectivity index (χ4n) is 1.82. The molecule has 8 heteroatoms. The van der Waals surface area contributed by atoms with Crippen LogP contribution >= 0.6 is 0 Å². The van der Waals surface area contributed by atoms with E-state index in [2.05, 4.69) is 10.0 Å². The molecule has 1 aromatic carbocycles. The largest absolute Gasteiger partial charge is 0.460 e. The molecule has 2 rings (SSSR count). The molecule has 0 atom stereocenters. The van der Waals surface area contributed by atoms with Gasteiger partial charge >= 0.3 is 0 Å². The van der Waals surface area contributed by atoms with E-state index >= 15 is 0 Å². The highest BCUT2D eigenvalue weighted by atomic mass is 32.2. The minimum Gasteiger partial charge on any atom is -0.460 e. The van der Waals surface area contributed by atoms with Crippen molar-refractivity contribution in [2.75, 3.05) is 13.2 Å². The number of furan rings is 1. The minimum absolute atomic E-state index is 0.00176. The molecule has 0 fully saturated rings. The van der Waals surface area contributed by atoms with E-state index in [0.717, 1.165) is 0 Å². The fraction of sp³-hybridized carbons (Fsp3) is 0.188. The van der Waals surface area contributed by atoms with Gasteiger partial charge in [-0.1, -0.05) is 18.2 Å². The van der Waals surface area contributed by atoms with Gasteiger partial charge in [0.2, 0.25) is 15.9 Å². The zero-order chi connectivity index (χ0) is 17.4. The van der Waals surface area contributed by atoms with E-state index in [4.69, 9.17) is 9.52 Å². The summed E-state index contributed by atoms with van der Waals surface area (Å²) in [5, 5.41) is 11.1. The van der Waals surface area contributed by atoms with E-state index in [0.29, 0.717) is 11.5 Å². The number of carbonyl (C=O) groups excluding carboxylic acids is 1. The van der Waals surface area contributed by atoms with Crippen LogP contribution in [0.3, 0.4) is 0 Å². The van der Waals surface area contributed by atoms with Gasteiger partial charge in [-0.25, -0.2) is 13.1 Å². The summed E-state index contributed by atoms with van der Waals surface area (Å²) < 4.78 is 32.0. The Balaban J connectivity index is 1.92. The Morgan fingerprint density at radius 1 is 1.17 bits per heavy atom. The van der Waals surface area contributed by atoms with Crippen molar-refractivity contribution in [1.29, 1.82) is 0 Å². The minimum atomic E-state index is -3.60. The molecule has 0 aliphatic rings. The average molecular weight is 350 g/mol. The van der Waals surface area contributed by atoms with Crippen LogP contribution in [-0.2, 0) is 21.4 Å². The van der Waals surface area contributed by atoms with Crippen molar-refractivity contribution in [2.24, 2.45) is 0 Å². The lowest BCUT2D eigenvalue weighted by atomic mass is 10.3. The molecule has 2 aromatic rings. The van der Waals surface area contributed by atoms with Crippen molar-refractivity contribution in [3.63, 3.8) is 0 Å². The first kappa shape index (κ1) is 17.9. The molecule has 1 amide bonds. The van der Waals surface area contributed by atoms with Crippen LogP contribution in [-0.4, -0.2) is 32.6 Å². The third-order valence-electron chi connectivity index (χ3n) is 2.98. The van der Waals surface area contributed by atoms with E-state index in [1.165, 1.54) is 24.3 Å². The van der Waals surface area contributed by atoms with Gasteiger partial charge in [0.15, 0.2) is 0 Å². The maximum atomic E-state index is 12.1. The van der Waals surface area contributed by atoms with E-state index in [1.54, 1.807) is 30.3 Å². The average Bonchev–Trinajstić information content (AvgIpc) is 3.05. The number of benzene rings is 1. The van der Waals surface area contributed by atoms with Crippen LogP contribution in [0.5, 0.6) is 0 Å². The molecule has 0 aliphatic carbocycles. The maximum absolute atomic E-state index is 12.1. The predicted octanol–water partition coefficient (Wildman–Crippen LogP) is 0.880. The molecule has 0 unspecified atom stereocenters. The highest BCUT2D eigenvalue weighted by Gasteiger charge is 2.13. The van der Waals surface area contributed by atoms with Gasteiger partial charge in [0.25, 0.3) is 0 Å². The molecule has 0 bridgehead atoms. The molecule has 0 radical (unpaired) electrons. The number of hydrogen-bond donors (Lipinski definition) is 3. The lowest BCUT2D eigenvalue weighted by Gasteiger charge is -2.04. The van der Waals surface area contributed by atoms with Crippen LogP contribution in [0.25, 0.3) is 6.08 Å². The smallest absolute Gasteiger partial charge is 0.244 e. The summed E-state index contributed by atoms with van der Waals surface area (Å²) in [4.78, 5) is 11.5. The van der Waals surface area contributed by atoms with Gasteiger partial charge in [0, 0.05) is 12.6 Å². The van der Waals surface area contributed by atoms with Crippen LogP contribution in [0.1, 0.15) is 11.5 Å². The van der Waals surface area contributed by atoms with E-state index in [9.17, 15) is 13.2 Å². The Bertz CT molecular complexity index is 797. The van der Waals surface area contributed by atoms with Gasteiger partial charge in [-0.3, -0.25) is 4.79 Å². The summed E-state index contributed by atoms with van der Waals surface area (Å²) in [6.45, 7) is 0.0433. The Morgan fingerprint density at radius 3 is 2.62 bits per heavy atom. The third-order valence-corrected chi connectivity index (χ3v) is 4.40. The Labute approximate surface area is 140 Å². The van der Waals surface area contributed by atoms with E-state index in [1.807, 2.05) is 0 Å². The highest BCUT2D eigenvalue weighted by Crippen LogP contribution is 2.12. The molecule has 128 valence electrons. The van der Waals surface area contributed by atoms with Crippen molar-refractivity contribution in [3.05, 3.63) is 60.1 Å². The second kappa shape index (κ2) is 8.44. The zero-order valence-electron chi connectivity index (χ0n) is 12.8. The molecule has 0 aliphatic heterocycles. The summed E-state index contributed by atoms with van der Waals surface area (Å²) in [6.07, 6.45) is 2.73. The summed E-state index contributed by atoms with van der Waals surface area (Å²) in [6, 6.07) is 11.3. The monoisotopic (exact) mass is 350 g/mol. The quantitative estimate of drug-likeness (QED) is 0.613. The Morgan fingerprint density at radius 2 is 1.92 bits per heavy atom. The first-order chi connectivity index (χ1) is 11.5. The molecule has 7 nitrogen and oxygen atoms in total. The first-order valence-corrected chi connectivity index (χ1v) is 8.70. The van der Waals surface area contributed by atoms with Crippen molar-refractivity contribution in [3.8, 4) is 0 Å².